The van der Waals surface area contributed by atoms with Gasteiger partial charge in [0.2, 0.25) is 0 Å². The van der Waals surface area contributed by atoms with Crippen molar-refractivity contribution in [3.63, 3.8) is 0 Å². The number of rotatable bonds is 13. The first-order valence-electron chi connectivity index (χ1n) is 10.4. The molecule has 6 nitrogen and oxygen atoms in total. The topological polar surface area (TPSA) is 59.1 Å². The Labute approximate surface area is 205 Å². The smallest absolute Gasteiger partial charge is 0.271 e. The molecule has 0 aromatic carbocycles. The van der Waals surface area contributed by atoms with Gasteiger partial charge in [0.1, 0.15) is 0 Å². The normalized spacial score (nSPS) is 18.5. The molecule has 0 aromatic rings. The van der Waals surface area contributed by atoms with Crippen LogP contribution >= 0.6 is 67.1 Å². The van der Waals surface area contributed by atoms with Crippen LogP contribution in [-0.2, 0) is 9.47 Å². The molecule has 2 heterocycles. The summed E-state index contributed by atoms with van der Waals surface area (Å²) in [6.07, 6.45) is 7.32. The third-order valence-corrected chi connectivity index (χ3v) is 11.5. The third-order valence-electron chi connectivity index (χ3n) is 4.31. The van der Waals surface area contributed by atoms with Crippen LogP contribution in [-0.4, -0.2) is 81.6 Å². The molecule has 2 aliphatic rings. The molecule has 0 aliphatic carbocycles. The molecule has 174 valence electrons. The number of morpholine rings is 2. The van der Waals surface area contributed by atoms with Crippen molar-refractivity contribution in [3.8, 4) is 0 Å². The monoisotopic (exact) mass is 532 g/mol. The Morgan fingerprint density at radius 1 is 0.600 bits per heavy atom. The highest BCUT2D eigenvalue weighted by Gasteiger charge is 2.16. The maximum atomic E-state index is 11.9. The molecule has 0 unspecified atom stereocenters. The average Bonchev–Trinajstić information content (AvgIpc) is 2.76. The van der Waals surface area contributed by atoms with Gasteiger partial charge in [-0.05, 0) is 34.4 Å². The average molecular weight is 533 g/mol. The van der Waals surface area contributed by atoms with E-state index in [1.54, 1.807) is 21.6 Å². The second-order valence-corrected chi connectivity index (χ2v) is 14.1. The fraction of sp³-hybridized carbons (Fsp3) is 0.889. The Balaban J connectivity index is 1.28. The molecule has 2 rings (SSSR count). The Kier molecular flexibility index (Phi) is 17.1. The molecule has 0 radical (unpaired) electrons. The summed E-state index contributed by atoms with van der Waals surface area (Å²) in [5, 5.41) is 0. The van der Waals surface area contributed by atoms with Crippen LogP contribution < -0.4 is 0 Å². The molecule has 0 atom stereocenters. The maximum absolute atomic E-state index is 11.9. The Bertz CT molecular complexity index is 438. The summed E-state index contributed by atoms with van der Waals surface area (Å²) in [7, 11) is 6.11. The molecule has 0 bridgehead atoms. The van der Waals surface area contributed by atoms with Crippen LogP contribution in [0.1, 0.15) is 38.5 Å². The van der Waals surface area contributed by atoms with Gasteiger partial charge in [0, 0.05) is 61.6 Å². The summed E-state index contributed by atoms with van der Waals surface area (Å²) in [6, 6.07) is 0. The minimum Gasteiger partial charge on any atom is -0.379 e. The number of hydrogen-bond acceptors (Lipinski definition) is 12. The SMILES string of the molecule is O=C(SSCCCCCCCCSSC(=O)SN1CCOCC1)SN1CCOCC1. The van der Waals surface area contributed by atoms with Crippen LogP contribution in [0.5, 0.6) is 0 Å². The third kappa shape index (κ3) is 14.4. The van der Waals surface area contributed by atoms with Crippen LogP contribution in [0.4, 0.5) is 9.59 Å². The van der Waals surface area contributed by atoms with Gasteiger partial charge in [0.15, 0.2) is 0 Å². The summed E-state index contributed by atoms with van der Waals surface area (Å²) < 4.78 is 15.1. The van der Waals surface area contributed by atoms with E-state index in [1.807, 2.05) is 0 Å². The standard InChI is InChI=1S/C18H32N2O4S6/c21-17(27-19-7-11-23-12-8-19)29-25-15-5-3-1-2-4-6-16-26-30-18(22)28-20-9-13-24-14-10-20/h1-16H2. The van der Waals surface area contributed by atoms with E-state index < -0.39 is 0 Å². The lowest BCUT2D eigenvalue weighted by atomic mass is 10.1. The highest BCUT2D eigenvalue weighted by molar-refractivity contribution is 8.86. The molecule has 0 aromatic heterocycles. The van der Waals surface area contributed by atoms with Gasteiger partial charge >= 0.3 is 0 Å². The molecule has 30 heavy (non-hydrogen) atoms. The first-order chi connectivity index (χ1) is 14.7. The Morgan fingerprint density at radius 3 is 1.37 bits per heavy atom. The van der Waals surface area contributed by atoms with E-state index in [9.17, 15) is 9.59 Å². The lowest BCUT2D eigenvalue weighted by molar-refractivity contribution is 0.0775. The zero-order valence-corrected chi connectivity index (χ0v) is 22.2. The van der Waals surface area contributed by atoms with Gasteiger partial charge in [-0.2, -0.15) is 0 Å². The number of unbranched alkanes of at least 4 members (excludes halogenated alkanes) is 5. The second kappa shape index (κ2) is 18.7. The Morgan fingerprint density at radius 2 is 0.967 bits per heavy atom. The fourth-order valence-corrected chi connectivity index (χ4v) is 8.89. The van der Waals surface area contributed by atoms with Gasteiger partial charge in [0.25, 0.3) is 8.89 Å². The highest BCUT2D eigenvalue weighted by atomic mass is 33.1. The van der Waals surface area contributed by atoms with E-state index >= 15 is 0 Å². The van der Waals surface area contributed by atoms with E-state index in [2.05, 4.69) is 8.61 Å². The number of hydrogen-bond donors (Lipinski definition) is 0. The van der Waals surface area contributed by atoms with Crippen molar-refractivity contribution in [1.29, 1.82) is 0 Å². The molecule has 0 spiro atoms. The predicted molar refractivity (Wildman–Crippen MR) is 139 cm³/mol. The van der Waals surface area contributed by atoms with E-state index in [4.69, 9.17) is 9.47 Å². The Hall–Kier alpha value is 1.28. The van der Waals surface area contributed by atoms with E-state index in [0.29, 0.717) is 0 Å². The molecular formula is C18H32N2O4S6. The first-order valence-corrected chi connectivity index (χ1v) is 16.6. The fourth-order valence-electron chi connectivity index (χ4n) is 2.73. The summed E-state index contributed by atoms with van der Waals surface area (Å²) in [4.78, 5) is 23.8. The van der Waals surface area contributed by atoms with Crippen molar-refractivity contribution in [2.45, 2.75) is 38.5 Å². The van der Waals surface area contributed by atoms with Gasteiger partial charge in [-0.3, -0.25) is 9.59 Å². The molecule has 12 heteroatoms. The lowest BCUT2D eigenvalue weighted by Gasteiger charge is -2.23. The van der Waals surface area contributed by atoms with Crippen LogP contribution in [0, 0.1) is 0 Å². The summed E-state index contributed by atoms with van der Waals surface area (Å²) >= 11 is 2.67. The number of ether oxygens (including phenoxy) is 2. The zero-order valence-electron chi connectivity index (χ0n) is 17.3. The number of carbonyl (C=O) groups excluding carboxylic acids is 2. The summed E-state index contributed by atoms with van der Waals surface area (Å²) in [5.41, 5.74) is 0. The lowest BCUT2D eigenvalue weighted by Crippen LogP contribution is -2.31. The van der Waals surface area contributed by atoms with Crippen LogP contribution in [0.3, 0.4) is 0 Å². The predicted octanol–water partition coefficient (Wildman–Crippen LogP) is 6.29. The van der Waals surface area contributed by atoms with Crippen LogP contribution in [0.25, 0.3) is 0 Å². The van der Waals surface area contributed by atoms with Crippen molar-refractivity contribution in [2.75, 3.05) is 64.1 Å². The molecular weight excluding hydrogens is 501 g/mol. The maximum Gasteiger partial charge on any atom is 0.271 e. The summed E-state index contributed by atoms with van der Waals surface area (Å²) in [6.45, 7) is 6.24. The highest BCUT2D eigenvalue weighted by Crippen LogP contribution is 2.32. The van der Waals surface area contributed by atoms with Crippen molar-refractivity contribution < 1.29 is 19.1 Å². The molecule has 2 aliphatic heterocycles. The van der Waals surface area contributed by atoms with Gasteiger partial charge in [-0.25, -0.2) is 8.61 Å². The quantitative estimate of drug-likeness (QED) is 0.152. The van der Waals surface area contributed by atoms with Crippen LogP contribution in [0.15, 0.2) is 0 Å². The minimum atomic E-state index is 0.180. The molecule has 2 fully saturated rings. The van der Waals surface area contributed by atoms with Crippen molar-refractivity contribution in [2.24, 2.45) is 0 Å². The van der Waals surface area contributed by atoms with E-state index in [0.717, 1.165) is 64.1 Å². The second-order valence-electron chi connectivity index (χ2n) is 6.70. The summed E-state index contributed by atoms with van der Waals surface area (Å²) in [5.74, 6) is 2.07. The zero-order chi connectivity index (χ0) is 21.3. The molecule has 2 saturated heterocycles. The van der Waals surface area contributed by atoms with Gasteiger partial charge in [-0.1, -0.05) is 47.3 Å². The molecule has 0 saturated carbocycles. The van der Waals surface area contributed by atoms with Gasteiger partial charge in [-0.15, -0.1) is 0 Å². The van der Waals surface area contributed by atoms with Crippen molar-refractivity contribution >= 4 is 76.0 Å². The van der Waals surface area contributed by atoms with Crippen LogP contribution in [0.2, 0.25) is 0 Å². The number of carbonyl (C=O) groups is 2. The molecule has 0 N–H and O–H groups in total. The van der Waals surface area contributed by atoms with E-state index in [-0.39, 0.29) is 8.89 Å². The minimum absolute atomic E-state index is 0.180. The van der Waals surface area contributed by atoms with Crippen molar-refractivity contribution in [3.05, 3.63) is 0 Å². The van der Waals surface area contributed by atoms with Gasteiger partial charge < -0.3 is 9.47 Å². The molecule has 0 amide bonds. The van der Waals surface area contributed by atoms with Gasteiger partial charge in [0.05, 0.1) is 26.4 Å². The first kappa shape index (κ1) is 27.5. The largest absolute Gasteiger partial charge is 0.379 e. The van der Waals surface area contributed by atoms with E-state index in [1.165, 1.54) is 84.0 Å². The number of nitrogens with zero attached hydrogens (tertiary/aromatic N) is 2. The van der Waals surface area contributed by atoms with Crippen molar-refractivity contribution in [1.82, 2.24) is 8.61 Å².